The van der Waals surface area contributed by atoms with Crippen LogP contribution >= 0.6 is 6.35 Å². The van der Waals surface area contributed by atoms with Gasteiger partial charge in [-0.15, -0.1) is 0 Å². The minimum absolute atomic E-state index is 0.361. The lowest BCUT2D eigenvalue weighted by Crippen LogP contribution is -2.25. The highest BCUT2D eigenvalue weighted by Gasteiger charge is 2.42. The van der Waals surface area contributed by atoms with Gasteiger partial charge in [-0.2, -0.15) is 0 Å². The molecule has 3 heteroatoms. The summed E-state index contributed by atoms with van der Waals surface area (Å²) in [4.78, 5) is 0. The standard InChI is InChI=1S/C8H18FPS/c1-7(2,3)10(9,11)8(4,5)6/h1-6H3. The van der Waals surface area contributed by atoms with Gasteiger partial charge in [0.15, 0.2) is 0 Å². The van der Waals surface area contributed by atoms with Gasteiger partial charge in [-0.3, -0.25) is 0 Å². The van der Waals surface area contributed by atoms with E-state index in [1.54, 1.807) is 0 Å². The zero-order valence-electron chi connectivity index (χ0n) is 8.23. The number of halogens is 1. The van der Waals surface area contributed by atoms with Crippen molar-refractivity contribution in [3.8, 4) is 0 Å². The fourth-order valence-corrected chi connectivity index (χ4v) is 3.02. The first-order valence-electron chi connectivity index (χ1n) is 3.80. The summed E-state index contributed by atoms with van der Waals surface area (Å²) in [5.41, 5.74) is 0. The predicted octanol–water partition coefficient (Wildman–Crippen LogP) is 3.95. The minimum atomic E-state index is -2.73. The lowest BCUT2D eigenvalue weighted by molar-refractivity contribution is 0.637. The molecule has 0 atom stereocenters. The molecule has 0 aliphatic carbocycles. The average Bonchev–Trinajstić information content (AvgIpc) is 1.58. The molecule has 0 saturated carbocycles. The highest BCUT2D eigenvalue weighted by molar-refractivity contribution is 8.13. The second-order valence-electron chi connectivity index (χ2n) is 4.87. The molecule has 68 valence electrons. The first-order chi connectivity index (χ1) is 4.50. The molecule has 11 heavy (non-hydrogen) atoms. The Balaban J connectivity index is 4.92. The Morgan fingerprint density at radius 1 is 0.909 bits per heavy atom. The third-order valence-corrected chi connectivity index (χ3v) is 8.46. The van der Waals surface area contributed by atoms with Gasteiger partial charge in [0.1, 0.15) is 6.35 Å². The molecule has 0 aliphatic rings. The molecular weight excluding hydrogens is 178 g/mol. The van der Waals surface area contributed by atoms with E-state index in [1.165, 1.54) is 0 Å². The maximum Gasteiger partial charge on any atom is 0.124 e. The third kappa shape index (κ3) is 2.26. The van der Waals surface area contributed by atoms with E-state index in [2.05, 4.69) is 0 Å². The Labute approximate surface area is 74.7 Å². The lowest BCUT2D eigenvalue weighted by Gasteiger charge is -2.37. The van der Waals surface area contributed by atoms with Crippen LogP contribution in [0, 0.1) is 0 Å². The Bertz CT molecular complexity index is 167. The van der Waals surface area contributed by atoms with Crippen molar-refractivity contribution in [2.75, 3.05) is 0 Å². The van der Waals surface area contributed by atoms with E-state index in [9.17, 15) is 4.20 Å². The molecule has 0 amide bonds. The monoisotopic (exact) mass is 196 g/mol. The van der Waals surface area contributed by atoms with Gasteiger partial charge in [0, 0.05) is 10.3 Å². The summed E-state index contributed by atoms with van der Waals surface area (Å²) < 4.78 is 14.0. The van der Waals surface area contributed by atoms with E-state index in [0.29, 0.717) is 0 Å². The Morgan fingerprint density at radius 3 is 1.09 bits per heavy atom. The topological polar surface area (TPSA) is 0 Å². The van der Waals surface area contributed by atoms with Gasteiger partial charge in [0.05, 0.1) is 0 Å². The summed E-state index contributed by atoms with van der Waals surface area (Å²) in [7, 11) is 0. The average molecular weight is 196 g/mol. The SMILES string of the molecule is CC(C)(C)P(F)(=S)C(C)(C)C. The van der Waals surface area contributed by atoms with E-state index in [0.717, 1.165) is 0 Å². The number of rotatable bonds is 0. The maximum absolute atomic E-state index is 14.0. The largest absolute Gasteiger partial charge is 0.217 e. The van der Waals surface area contributed by atoms with Crippen LogP contribution in [0.4, 0.5) is 4.20 Å². The van der Waals surface area contributed by atoms with Gasteiger partial charge in [-0.05, 0) is 0 Å². The second-order valence-corrected chi connectivity index (χ2v) is 10.1. The Morgan fingerprint density at radius 2 is 1.09 bits per heavy atom. The van der Waals surface area contributed by atoms with Crippen molar-refractivity contribution in [3.63, 3.8) is 0 Å². The smallest absolute Gasteiger partial charge is 0.124 e. The van der Waals surface area contributed by atoms with Gasteiger partial charge in [-0.1, -0.05) is 53.3 Å². The van der Waals surface area contributed by atoms with Crippen LogP contribution < -0.4 is 0 Å². The summed E-state index contributed by atoms with van der Waals surface area (Å²) in [5, 5.41) is -0.721. The fraction of sp³-hybridized carbons (Fsp3) is 1.00. The van der Waals surface area contributed by atoms with Crippen LogP contribution in [0.5, 0.6) is 0 Å². The molecule has 0 radical (unpaired) electrons. The second kappa shape index (κ2) is 2.81. The van der Waals surface area contributed by atoms with Crippen molar-refractivity contribution in [2.24, 2.45) is 0 Å². The molecule has 0 spiro atoms. The molecule has 0 unspecified atom stereocenters. The normalized spacial score (nSPS) is 15.2. The van der Waals surface area contributed by atoms with Crippen LogP contribution in [-0.2, 0) is 11.8 Å². The highest BCUT2D eigenvalue weighted by atomic mass is 32.5. The van der Waals surface area contributed by atoms with Gasteiger partial charge >= 0.3 is 0 Å². The molecule has 0 nitrogen and oxygen atoms in total. The number of hydrogen-bond donors (Lipinski definition) is 0. The molecule has 0 saturated heterocycles. The molecular formula is C8H18FPS. The molecule has 0 bridgehead atoms. The van der Waals surface area contributed by atoms with E-state index in [-0.39, 0.29) is 10.3 Å². The van der Waals surface area contributed by atoms with Gasteiger partial charge in [-0.25, -0.2) is 4.20 Å². The van der Waals surface area contributed by atoms with E-state index >= 15 is 0 Å². The van der Waals surface area contributed by atoms with Crippen LogP contribution in [0.2, 0.25) is 0 Å². The van der Waals surface area contributed by atoms with E-state index < -0.39 is 6.35 Å². The van der Waals surface area contributed by atoms with Crippen molar-refractivity contribution in [2.45, 2.75) is 51.9 Å². The first kappa shape index (κ1) is 11.6. The van der Waals surface area contributed by atoms with Crippen molar-refractivity contribution in [1.29, 1.82) is 0 Å². The molecule has 0 aromatic carbocycles. The van der Waals surface area contributed by atoms with Gasteiger partial charge in [0.25, 0.3) is 0 Å². The summed E-state index contributed by atoms with van der Waals surface area (Å²) in [6.45, 7) is 11.3. The first-order valence-corrected chi connectivity index (χ1v) is 6.49. The maximum atomic E-state index is 14.0. The summed E-state index contributed by atoms with van der Waals surface area (Å²) in [6, 6.07) is 0. The Hall–Kier alpha value is 0.580. The van der Waals surface area contributed by atoms with Gasteiger partial charge < -0.3 is 0 Å². The van der Waals surface area contributed by atoms with E-state index in [1.807, 2.05) is 41.5 Å². The van der Waals surface area contributed by atoms with Crippen molar-refractivity contribution in [3.05, 3.63) is 0 Å². The molecule has 0 fully saturated rings. The molecule has 0 aromatic heterocycles. The quantitative estimate of drug-likeness (QED) is 0.529. The fourth-order valence-electron chi connectivity index (χ4n) is 1.01. The van der Waals surface area contributed by atoms with Crippen LogP contribution in [0.15, 0.2) is 0 Å². The van der Waals surface area contributed by atoms with E-state index in [4.69, 9.17) is 11.8 Å². The lowest BCUT2D eigenvalue weighted by atomic mass is 10.2. The van der Waals surface area contributed by atoms with Gasteiger partial charge in [0.2, 0.25) is 0 Å². The molecule has 0 N–H and O–H groups in total. The summed E-state index contributed by atoms with van der Waals surface area (Å²) >= 11 is 5.06. The zero-order chi connectivity index (χ0) is 9.50. The number of hydrogen-bond acceptors (Lipinski definition) is 1. The van der Waals surface area contributed by atoms with Crippen LogP contribution in [0.25, 0.3) is 0 Å². The zero-order valence-corrected chi connectivity index (χ0v) is 9.94. The molecule has 0 aromatic rings. The minimum Gasteiger partial charge on any atom is -0.217 e. The summed E-state index contributed by atoms with van der Waals surface area (Å²) in [5.74, 6) is 0. The Kier molecular flexibility index (Phi) is 2.96. The molecule has 0 aliphatic heterocycles. The van der Waals surface area contributed by atoms with Crippen molar-refractivity contribution < 1.29 is 4.20 Å². The van der Waals surface area contributed by atoms with Crippen molar-refractivity contribution in [1.82, 2.24) is 0 Å². The van der Waals surface area contributed by atoms with Crippen LogP contribution in [-0.4, -0.2) is 10.3 Å². The van der Waals surface area contributed by atoms with Crippen LogP contribution in [0.3, 0.4) is 0 Å². The molecule has 0 rings (SSSR count). The third-order valence-electron chi connectivity index (χ3n) is 1.73. The predicted molar refractivity (Wildman–Crippen MR) is 54.9 cm³/mol. The summed E-state index contributed by atoms with van der Waals surface area (Å²) in [6.07, 6.45) is -2.73. The van der Waals surface area contributed by atoms with Crippen molar-refractivity contribution >= 4 is 18.2 Å². The van der Waals surface area contributed by atoms with Crippen LogP contribution in [0.1, 0.15) is 41.5 Å². The highest BCUT2D eigenvalue weighted by Crippen LogP contribution is 2.68. The molecule has 0 heterocycles.